The second-order valence-electron chi connectivity index (χ2n) is 5.07. The lowest BCUT2D eigenvalue weighted by Crippen LogP contribution is -2.20. The van der Waals surface area contributed by atoms with E-state index in [0.29, 0.717) is 10.6 Å². The summed E-state index contributed by atoms with van der Waals surface area (Å²) in [5, 5.41) is 0. The van der Waals surface area contributed by atoms with Gasteiger partial charge in [-0.05, 0) is 18.3 Å². The molecule has 0 fully saturated rings. The Labute approximate surface area is 103 Å². The lowest BCUT2D eigenvalue weighted by atomic mass is 9.89. The first-order valence-corrected chi connectivity index (χ1v) is 8.27. The molecule has 0 aliphatic heterocycles. The molecule has 0 aromatic carbocycles. The minimum atomic E-state index is -2.77. The number of rotatable bonds is 6. The molecule has 4 heteroatoms. The van der Waals surface area contributed by atoms with Crippen molar-refractivity contribution in [1.82, 2.24) is 0 Å². The van der Waals surface area contributed by atoms with Crippen LogP contribution < -0.4 is 0 Å². The van der Waals surface area contributed by atoms with E-state index in [2.05, 4.69) is 36.7 Å². The van der Waals surface area contributed by atoms with E-state index in [9.17, 15) is 8.42 Å². The number of halogens is 1. The summed E-state index contributed by atoms with van der Waals surface area (Å²) < 4.78 is 22.5. The molecule has 1 atom stereocenters. The van der Waals surface area contributed by atoms with Gasteiger partial charge in [0.15, 0.2) is 0 Å². The molecular weight excluding hydrogens is 276 g/mol. The van der Waals surface area contributed by atoms with Crippen molar-refractivity contribution in [3.05, 3.63) is 0 Å². The fourth-order valence-corrected chi connectivity index (χ4v) is 2.48. The number of unbranched alkanes of at least 4 members (excludes halogenated alkanes) is 1. The number of sulfone groups is 1. The van der Waals surface area contributed by atoms with Crippen LogP contribution in [0.1, 0.15) is 47.0 Å². The lowest BCUT2D eigenvalue weighted by molar-refractivity contribution is 0.379. The van der Waals surface area contributed by atoms with Crippen LogP contribution in [0.15, 0.2) is 0 Å². The Morgan fingerprint density at radius 1 is 1.20 bits per heavy atom. The van der Waals surface area contributed by atoms with Crippen LogP contribution in [0, 0.1) is 5.41 Å². The maximum absolute atomic E-state index is 11.2. The Balaban J connectivity index is 3.74. The van der Waals surface area contributed by atoms with E-state index in [1.54, 1.807) is 6.92 Å². The van der Waals surface area contributed by atoms with Crippen LogP contribution in [0.2, 0.25) is 0 Å². The zero-order valence-electron chi connectivity index (χ0n) is 10.2. The third-order valence-electron chi connectivity index (χ3n) is 2.54. The van der Waals surface area contributed by atoms with Crippen LogP contribution in [0.5, 0.6) is 0 Å². The summed E-state index contributed by atoms with van der Waals surface area (Å²) in [6.45, 7) is 8.28. The number of hydrogen-bond donors (Lipinski definition) is 0. The van der Waals surface area contributed by atoms with Gasteiger partial charge in [0.2, 0.25) is 0 Å². The van der Waals surface area contributed by atoms with Crippen LogP contribution in [0.4, 0.5) is 0 Å². The molecule has 0 radical (unpaired) electrons. The fraction of sp³-hybridized carbons (Fsp3) is 1.00. The van der Waals surface area contributed by atoms with Gasteiger partial charge in [-0.2, -0.15) is 0 Å². The smallest absolute Gasteiger partial charge is 0.150 e. The Bertz CT molecular complexity index is 265. The van der Waals surface area contributed by atoms with Crippen LogP contribution in [0.3, 0.4) is 0 Å². The molecule has 2 nitrogen and oxygen atoms in total. The first-order chi connectivity index (χ1) is 6.69. The lowest BCUT2D eigenvalue weighted by Gasteiger charge is -2.25. The Morgan fingerprint density at radius 3 is 2.13 bits per heavy atom. The highest BCUT2D eigenvalue weighted by Crippen LogP contribution is 2.29. The molecule has 15 heavy (non-hydrogen) atoms. The highest BCUT2D eigenvalue weighted by Gasteiger charge is 2.21. The maximum atomic E-state index is 11.2. The SMILES string of the molecule is CCS(=O)(=O)CCCCC(Br)C(C)(C)C. The number of alkyl halides is 1. The molecule has 0 aliphatic rings. The molecule has 0 aromatic rings. The highest BCUT2D eigenvalue weighted by molar-refractivity contribution is 9.09. The van der Waals surface area contributed by atoms with Crippen molar-refractivity contribution in [2.45, 2.75) is 51.8 Å². The van der Waals surface area contributed by atoms with E-state index in [1.165, 1.54) is 0 Å². The third-order valence-corrected chi connectivity index (χ3v) is 6.16. The molecule has 0 aliphatic carbocycles. The topological polar surface area (TPSA) is 34.1 Å². The van der Waals surface area contributed by atoms with Crippen LogP contribution in [-0.4, -0.2) is 24.8 Å². The highest BCUT2D eigenvalue weighted by atomic mass is 79.9. The van der Waals surface area contributed by atoms with Gasteiger partial charge in [0.25, 0.3) is 0 Å². The van der Waals surface area contributed by atoms with Crippen molar-refractivity contribution in [2.24, 2.45) is 5.41 Å². The van der Waals surface area contributed by atoms with Crippen molar-refractivity contribution in [3.8, 4) is 0 Å². The molecule has 0 amide bonds. The van der Waals surface area contributed by atoms with Gasteiger partial charge < -0.3 is 0 Å². The van der Waals surface area contributed by atoms with Gasteiger partial charge in [0, 0.05) is 10.6 Å². The average Bonchev–Trinajstić information content (AvgIpc) is 2.10. The zero-order chi connectivity index (χ0) is 12.1. The first-order valence-electron chi connectivity index (χ1n) is 5.53. The molecule has 1 unspecified atom stereocenters. The molecular formula is C11H23BrO2S. The summed E-state index contributed by atoms with van der Waals surface area (Å²) in [5.74, 6) is 0.609. The van der Waals surface area contributed by atoms with Crippen LogP contribution >= 0.6 is 15.9 Å². The van der Waals surface area contributed by atoms with Gasteiger partial charge in [-0.15, -0.1) is 0 Å². The summed E-state index contributed by atoms with van der Waals surface area (Å²) >= 11 is 3.65. The van der Waals surface area contributed by atoms with Crippen molar-refractivity contribution < 1.29 is 8.42 Å². The second-order valence-corrected chi connectivity index (χ2v) is 8.64. The van der Waals surface area contributed by atoms with Crippen molar-refractivity contribution in [2.75, 3.05) is 11.5 Å². The van der Waals surface area contributed by atoms with Gasteiger partial charge in [-0.3, -0.25) is 0 Å². The summed E-state index contributed by atoms with van der Waals surface area (Å²) in [7, 11) is -2.77. The first kappa shape index (κ1) is 15.4. The van der Waals surface area contributed by atoms with Gasteiger partial charge in [-0.1, -0.05) is 50.0 Å². The molecule has 0 spiro atoms. The van der Waals surface area contributed by atoms with E-state index >= 15 is 0 Å². The van der Waals surface area contributed by atoms with E-state index in [-0.39, 0.29) is 11.2 Å². The van der Waals surface area contributed by atoms with Crippen molar-refractivity contribution >= 4 is 25.8 Å². The Kier molecular flexibility index (Phi) is 6.41. The standard InChI is InChI=1S/C11H23BrO2S/c1-5-15(13,14)9-7-6-8-10(12)11(2,3)4/h10H,5-9H2,1-4H3. The molecule has 0 heterocycles. The molecule has 0 bridgehead atoms. The predicted octanol–water partition coefficient (Wildman–Crippen LogP) is 3.40. The van der Waals surface area contributed by atoms with E-state index in [1.807, 2.05) is 0 Å². The Morgan fingerprint density at radius 2 is 1.73 bits per heavy atom. The fourth-order valence-electron chi connectivity index (χ4n) is 1.22. The predicted molar refractivity (Wildman–Crippen MR) is 70.3 cm³/mol. The molecule has 0 rings (SSSR count). The summed E-state index contributed by atoms with van der Waals surface area (Å²) in [4.78, 5) is 0.467. The molecule has 92 valence electrons. The van der Waals surface area contributed by atoms with Gasteiger partial charge in [-0.25, -0.2) is 8.42 Å². The van der Waals surface area contributed by atoms with Crippen LogP contribution in [0.25, 0.3) is 0 Å². The average molecular weight is 299 g/mol. The monoisotopic (exact) mass is 298 g/mol. The van der Waals surface area contributed by atoms with E-state index < -0.39 is 9.84 Å². The largest absolute Gasteiger partial charge is 0.229 e. The molecule has 0 saturated carbocycles. The summed E-state index contributed by atoms with van der Waals surface area (Å²) in [6.07, 6.45) is 2.81. The van der Waals surface area contributed by atoms with Crippen LogP contribution in [-0.2, 0) is 9.84 Å². The van der Waals surface area contributed by atoms with Gasteiger partial charge in [0.05, 0.1) is 5.75 Å². The minimum Gasteiger partial charge on any atom is -0.229 e. The molecule has 0 saturated heterocycles. The number of hydrogen-bond acceptors (Lipinski definition) is 2. The maximum Gasteiger partial charge on any atom is 0.150 e. The summed E-state index contributed by atoms with van der Waals surface area (Å²) in [6, 6.07) is 0. The van der Waals surface area contributed by atoms with E-state index in [4.69, 9.17) is 0 Å². The quantitative estimate of drug-likeness (QED) is 0.556. The Hall–Kier alpha value is 0.430. The normalized spacial score (nSPS) is 15.3. The summed E-state index contributed by atoms with van der Waals surface area (Å²) in [5.41, 5.74) is 0.254. The molecule has 0 N–H and O–H groups in total. The van der Waals surface area contributed by atoms with Crippen molar-refractivity contribution in [3.63, 3.8) is 0 Å². The second kappa shape index (κ2) is 6.24. The third kappa shape index (κ3) is 7.34. The van der Waals surface area contributed by atoms with Crippen molar-refractivity contribution in [1.29, 1.82) is 0 Å². The minimum absolute atomic E-state index is 0.254. The van der Waals surface area contributed by atoms with Gasteiger partial charge >= 0.3 is 0 Å². The van der Waals surface area contributed by atoms with Gasteiger partial charge in [0.1, 0.15) is 9.84 Å². The zero-order valence-corrected chi connectivity index (χ0v) is 12.6. The molecule has 0 aromatic heterocycles. The van der Waals surface area contributed by atoms with E-state index in [0.717, 1.165) is 19.3 Å².